The van der Waals surface area contributed by atoms with E-state index >= 15 is 0 Å². The van der Waals surface area contributed by atoms with Crippen molar-refractivity contribution < 1.29 is 4.39 Å². The van der Waals surface area contributed by atoms with E-state index in [1.165, 1.54) is 13.0 Å². The van der Waals surface area contributed by atoms with E-state index in [2.05, 4.69) is 0 Å². The number of hydrogen-bond donors (Lipinski definition) is 0. The Kier molecular flexibility index (Phi) is 3.38. The van der Waals surface area contributed by atoms with Crippen molar-refractivity contribution in [2.24, 2.45) is 0 Å². The van der Waals surface area contributed by atoms with E-state index in [4.69, 9.17) is 5.26 Å². The molecule has 0 aromatic carbocycles. The highest BCUT2D eigenvalue weighted by Crippen LogP contribution is 2.04. The van der Waals surface area contributed by atoms with E-state index < -0.39 is 5.83 Å². The molecule has 2 heteroatoms. The van der Waals surface area contributed by atoms with Crippen LogP contribution in [-0.4, -0.2) is 0 Å². The molecule has 9 heavy (non-hydrogen) atoms. The van der Waals surface area contributed by atoms with Crippen LogP contribution in [-0.2, 0) is 0 Å². The third-order valence-electron chi connectivity index (χ3n) is 0.839. The third kappa shape index (κ3) is 2.65. The molecule has 0 aliphatic carbocycles. The van der Waals surface area contributed by atoms with Gasteiger partial charge in [-0.2, -0.15) is 5.26 Å². The highest BCUT2D eigenvalue weighted by Gasteiger charge is 1.92. The van der Waals surface area contributed by atoms with Crippen LogP contribution in [0, 0.1) is 11.3 Å². The molecule has 0 N–H and O–H groups in total. The molecule has 0 aliphatic rings. The monoisotopic (exact) mass is 125 g/mol. The van der Waals surface area contributed by atoms with Gasteiger partial charge in [0.1, 0.15) is 5.83 Å². The van der Waals surface area contributed by atoms with E-state index in [1.807, 2.05) is 0 Å². The van der Waals surface area contributed by atoms with Crippen molar-refractivity contribution in [2.75, 3.05) is 0 Å². The molecule has 0 aromatic heterocycles. The largest absolute Gasteiger partial charge is 0.206 e. The maximum Gasteiger partial charge on any atom is 0.136 e. The summed E-state index contributed by atoms with van der Waals surface area (Å²) in [6, 6.07) is 1.70. The van der Waals surface area contributed by atoms with E-state index in [0.29, 0.717) is 0 Å². The van der Waals surface area contributed by atoms with Crippen LogP contribution in [0.15, 0.2) is 23.6 Å². The fourth-order valence-electron chi connectivity index (χ4n) is 0.325. The zero-order valence-electron chi connectivity index (χ0n) is 5.48. The number of halogens is 1. The Bertz CT molecular complexity index is 184. The van der Waals surface area contributed by atoms with Gasteiger partial charge in [0.05, 0.1) is 11.6 Å². The molecule has 0 amide bonds. The predicted octanol–water partition coefficient (Wildman–Crippen LogP) is 2.33. The standard InChI is InChI=1S/C7H8FN/c1-3-4-7(8)6(2)5-9/h3-4H,1-2H3/b4-3-,7-6-. The third-order valence-corrected chi connectivity index (χ3v) is 0.839. The summed E-state index contributed by atoms with van der Waals surface area (Å²) < 4.78 is 12.4. The van der Waals surface area contributed by atoms with Gasteiger partial charge in [0.15, 0.2) is 0 Å². The quantitative estimate of drug-likeness (QED) is 0.389. The van der Waals surface area contributed by atoms with Crippen molar-refractivity contribution in [2.45, 2.75) is 13.8 Å². The van der Waals surface area contributed by atoms with Crippen LogP contribution in [0.2, 0.25) is 0 Å². The highest BCUT2D eigenvalue weighted by atomic mass is 19.1. The fraction of sp³-hybridized carbons (Fsp3) is 0.286. The maximum absolute atomic E-state index is 12.4. The molecule has 0 spiro atoms. The molecule has 0 radical (unpaired) electrons. The van der Waals surface area contributed by atoms with Crippen molar-refractivity contribution in [1.82, 2.24) is 0 Å². The molecule has 0 rings (SSSR count). The summed E-state index contributed by atoms with van der Waals surface area (Å²) in [6.07, 6.45) is 2.81. The van der Waals surface area contributed by atoms with Crippen molar-refractivity contribution in [3.8, 4) is 6.07 Å². The lowest BCUT2D eigenvalue weighted by Crippen LogP contribution is -1.72. The minimum Gasteiger partial charge on any atom is -0.206 e. The van der Waals surface area contributed by atoms with Crippen LogP contribution in [0.5, 0.6) is 0 Å². The van der Waals surface area contributed by atoms with Crippen LogP contribution >= 0.6 is 0 Å². The molecule has 1 nitrogen and oxygen atoms in total. The molecule has 0 saturated carbocycles. The summed E-state index contributed by atoms with van der Waals surface area (Å²) >= 11 is 0. The molecule has 0 bridgehead atoms. The van der Waals surface area contributed by atoms with Crippen molar-refractivity contribution in [1.29, 1.82) is 5.26 Å². The SMILES string of the molecule is C/C=C\C(F)=C(/C)C#N. The van der Waals surface area contributed by atoms with Gasteiger partial charge in [0.2, 0.25) is 0 Å². The molecular formula is C7H8FN. The Labute approximate surface area is 54.1 Å². The van der Waals surface area contributed by atoms with Gasteiger partial charge in [-0.3, -0.25) is 0 Å². The lowest BCUT2D eigenvalue weighted by Gasteiger charge is -1.84. The minimum atomic E-state index is -0.458. The average Bonchev–Trinajstić information content (AvgIpc) is 1.87. The Morgan fingerprint density at radius 3 is 2.56 bits per heavy atom. The van der Waals surface area contributed by atoms with E-state index in [0.717, 1.165) is 0 Å². The normalized spacial score (nSPS) is 13.1. The summed E-state index contributed by atoms with van der Waals surface area (Å²) in [5, 5.41) is 8.15. The Balaban J connectivity index is 4.34. The van der Waals surface area contributed by atoms with Gasteiger partial charge in [-0.15, -0.1) is 0 Å². The molecule has 0 atom stereocenters. The molecule has 0 unspecified atom stereocenters. The van der Waals surface area contributed by atoms with Gasteiger partial charge in [-0.1, -0.05) is 6.08 Å². The number of nitrogens with zero attached hydrogens (tertiary/aromatic N) is 1. The predicted molar refractivity (Wildman–Crippen MR) is 34.2 cm³/mol. The van der Waals surface area contributed by atoms with Gasteiger partial charge in [0, 0.05) is 0 Å². The average molecular weight is 125 g/mol. The maximum atomic E-state index is 12.4. The van der Waals surface area contributed by atoms with Crippen molar-refractivity contribution in [3.63, 3.8) is 0 Å². The van der Waals surface area contributed by atoms with Crippen LogP contribution < -0.4 is 0 Å². The molecule has 0 aromatic rings. The number of nitriles is 1. The summed E-state index contributed by atoms with van der Waals surface area (Å²) in [5.41, 5.74) is 0.119. The van der Waals surface area contributed by atoms with E-state index in [9.17, 15) is 4.39 Å². The van der Waals surface area contributed by atoms with Crippen molar-refractivity contribution in [3.05, 3.63) is 23.6 Å². The highest BCUT2D eigenvalue weighted by molar-refractivity contribution is 5.27. The van der Waals surface area contributed by atoms with Gasteiger partial charge in [-0.25, -0.2) is 4.39 Å². The first-order valence-electron chi connectivity index (χ1n) is 2.61. The number of hydrogen-bond acceptors (Lipinski definition) is 1. The second kappa shape index (κ2) is 3.85. The Morgan fingerprint density at radius 2 is 2.22 bits per heavy atom. The van der Waals surface area contributed by atoms with Crippen LogP contribution in [0.25, 0.3) is 0 Å². The minimum absolute atomic E-state index is 0.119. The van der Waals surface area contributed by atoms with E-state index in [1.54, 1.807) is 19.1 Å². The molecule has 0 aliphatic heterocycles. The fourth-order valence-corrected chi connectivity index (χ4v) is 0.325. The first kappa shape index (κ1) is 7.90. The molecule has 0 heterocycles. The Hall–Kier alpha value is -1.10. The molecule has 0 fully saturated rings. The summed E-state index contributed by atoms with van der Waals surface area (Å²) in [4.78, 5) is 0. The topological polar surface area (TPSA) is 23.8 Å². The number of allylic oxidation sites excluding steroid dienone is 4. The molecule has 48 valence electrons. The zero-order valence-corrected chi connectivity index (χ0v) is 5.48. The zero-order chi connectivity index (χ0) is 7.28. The van der Waals surface area contributed by atoms with Crippen LogP contribution in [0.3, 0.4) is 0 Å². The Morgan fingerprint density at radius 1 is 1.67 bits per heavy atom. The van der Waals surface area contributed by atoms with Gasteiger partial charge < -0.3 is 0 Å². The first-order valence-corrected chi connectivity index (χ1v) is 2.61. The smallest absolute Gasteiger partial charge is 0.136 e. The second-order valence-corrected chi connectivity index (χ2v) is 1.58. The first-order chi connectivity index (χ1) is 4.22. The van der Waals surface area contributed by atoms with Crippen LogP contribution in [0.4, 0.5) is 4.39 Å². The number of rotatable bonds is 1. The van der Waals surface area contributed by atoms with Gasteiger partial charge in [0.25, 0.3) is 0 Å². The summed E-state index contributed by atoms with van der Waals surface area (Å²) in [7, 11) is 0. The summed E-state index contributed by atoms with van der Waals surface area (Å²) in [5.74, 6) is -0.458. The van der Waals surface area contributed by atoms with Crippen molar-refractivity contribution >= 4 is 0 Å². The molecular weight excluding hydrogens is 117 g/mol. The van der Waals surface area contributed by atoms with Gasteiger partial charge in [-0.05, 0) is 19.9 Å². The van der Waals surface area contributed by atoms with Crippen LogP contribution in [0.1, 0.15) is 13.8 Å². The van der Waals surface area contributed by atoms with Gasteiger partial charge >= 0.3 is 0 Å². The lowest BCUT2D eigenvalue weighted by molar-refractivity contribution is 0.658. The summed E-state index contributed by atoms with van der Waals surface area (Å²) in [6.45, 7) is 3.14. The molecule has 0 saturated heterocycles. The van der Waals surface area contributed by atoms with E-state index in [-0.39, 0.29) is 5.57 Å². The second-order valence-electron chi connectivity index (χ2n) is 1.58. The lowest BCUT2D eigenvalue weighted by atomic mass is 10.3.